The van der Waals surface area contributed by atoms with Gasteiger partial charge in [-0.15, -0.1) is 10.2 Å². The average molecular weight is 310 g/mol. The first-order chi connectivity index (χ1) is 8.25. The van der Waals surface area contributed by atoms with Crippen LogP contribution in [0.3, 0.4) is 0 Å². The molecule has 0 aliphatic heterocycles. The number of rotatable bonds is 1. The molecule has 0 aliphatic rings. The van der Waals surface area contributed by atoms with Gasteiger partial charge in [0, 0.05) is 10.0 Å². The number of hydrogen-bond donors (Lipinski definition) is 0. The van der Waals surface area contributed by atoms with Crippen LogP contribution in [0.15, 0.2) is 41.1 Å². The molecule has 0 bridgehead atoms. The molecule has 0 aliphatic carbocycles. The Labute approximate surface area is 110 Å². The van der Waals surface area contributed by atoms with Gasteiger partial charge in [0.2, 0.25) is 0 Å². The fourth-order valence-electron chi connectivity index (χ4n) is 1.60. The minimum atomic E-state index is 0.491. The molecular formula is C11H6BrClN4. The molecule has 0 fully saturated rings. The van der Waals surface area contributed by atoms with Crippen molar-refractivity contribution in [3.05, 3.63) is 46.3 Å². The number of aromatic nitrogens is 4. The third-order valence-corrected chi connectivity index (χ3v) is 3.17. The van der Waals surface area contributed by atoms with Gasteiger partial charge in [0.15, 0.2) is 11.5 Å². The maximum absolute atomic E-state index is 6.10. The molecule has 2 aromatic heterocycles. The number of halogens is 2. The van der Waals surface area contributed by atoms with E-state index in [4.69, 9.17) is 11.6 Å². The molecule has 0 unspecified atom stereocenters. The largest absolute Gasteiger partial charge is 0.262 e. The van der Waals surface area contributed by atoms with Crippen molar-refractivity contribution in [2.75, 3.05) is 0 Å². The van der Waals surface area contributed by atoms with Crippen molar-refractivity contribution in [2.45, 2.75) is 0 Å². The zero-order valence-electron chi connectivity index (χ0n) is 8.51. The van der Waals surface area contributed by atoms with Crippen LogP contribution in [-0.4, -0.2) is 19.6 Å². The lowest BCUT2D eigenvalue weighted by atomic mass is 10.2. The highest BCUT2D eigenvalue weighted by atomic mass is 79.9. The van der Waals surface area contributed by atoms with E-state index in [1.807, 2.05) is 24.3 Å². The van der Waals surface area contributed by atoms with Crippen LogP contribution in [0.25, 0.3) is 17.0 Å². The molecule has 4 nitrogen and oxygen atoms in total. The Balaban J connectivity index is 2.27. The van der Waals surface area contributed by atoms with Gasteiger partial charge in [-0.25, -0.2) is 0 Å². The van der Waals surface area contributed by atoms with E-state index >= 15 is 0 Å². The van der Waals surface area contributed by atoms with Crippen molar-refractivity contribution < 1.29 is 0 Å². The first kappa shape index (κ1) is 10.7. The summed E-state index contributed by atoms with van der Waals surface area (Å²) in [7, 11) is 0. The molecule has 0 spiro atoms. The Morgan fingerprint density at radius 3 is 2.59 bits per heavy atom. The summed E-state index contributed by atoms with van der Waals surface area (Å²) in [5.41, 5.74) is 1.59. The van der Waals surface area contributed by atoms with Crippen molar-refractivity contribution >= 4 is 33.2 Å². The molecule has 2 heterocycles. The van der Waals surface area contributed by atoms with E-state index in [2.05, 4.69) is 31.1 Å². The maximum atomic E-state index is 6.10. The number of fused-ring (bicyclic) bond motifs is 1. The molecule has 3 rings (SSSR count). The summed E-state index contributed by atoms with van der Waals surface area (Å²) in [4.78, 5) is 3.97. The van der Waals surface area contributed by atoms with Gasteiger partial charge in [0.1, 0.15) is 5.15 Å². The van der Waals surface area contributed by atoms with Gasteiger partial charge in [0.05, 0.1) is 12.4 Å². The molecular weight excluding hydrogens is 304 g/mol. The first-order valence-electron chi connectivity index (χ1n) is 4.86. The Morgan fingerprint density at radius 1 is 1.06 bits per heavy atom. The third kappa shape index (κ3) is 1.81. The Morgan fingerprint density at radius 2 is 1.82 bits per heavy atom. The molecule has 17 heavy (non-hydrogen) atoms. The summed E-state index contributed by atoms with van der Waals surface area (Å²) in [6, 6.07) is 7.81. The van der Waals surface area contributed by atoms with Crippen molar-refractivity contribution in [3.8, 4) is 11.4 Å². The second-order valence-corrected chi connectivity index (χ2v) is 4.76. The SMILES string of the molecule is Clc1cncc2nnc(-c3ccc(Br)cc3)n12. The fourth-order valence-corrected chi connectivity index (χ4v) is 2.09. The van der Waals surface area contributed by atoms with Gasteiger partial charge in [0.25, 0.3) is 0 Å². The fraction of sp³-hybridized carbons (Fsp3) is 0. The molecule has 0 atom stereocenters. The Bertz CT molecular complexity index is 678. The summed E-state index contributed by atoms with van der Waals surface area (Å²) < 4.78 is 2.78. The zero-order chi connectivity index (χ0) is 11.8. The van der Waals surface area contributed by atoms with Gasteiger partial charge < -0.3 is 0 Å². The minimum absolute atomic E-state index is 0.491. The summed E-state index contributed by atoms with van der Waals surface area (Å²) in [5.74, 6) is 0.708. The van der Waals surface area contributed by atoms with E-state index < -0.39 is 0 Å². The second-order valence-electron chi connectivity index (χ2n) is 3.45. The van der Waals surface area contributed by atoms with Crippen LogP contribution in [0.4, 0.5) is 0 Å². The highest BCUT2D eigenvalue weighted by molar-refractivity contribution is 9.10. The Hall–Kier alpha value is -1.46. The van der Waals surface area contributed by atoms with Gasteiger partial charge in [-0.05, 0) is 12.1 Å². The van der Waals surface area contributed by atoms with Crippen molar-refractivity contribution in [2.24, 2.45) is 0 Å². The molecule has 0 radical (unpaired) electrons. The highest BCUT2D eigenvalue weighted by Gasteiger charge is 2.10. The van der Waals surface area contributed by atoms with E-state index in [1.165, 1.54) is 0 Å². The standard InChI is InChI=1S/C11H6BrClN4/c12-8-3-1-7(2-4-8)11-16-15-10-6-14-5-9(13)17(10)11/h1-6H. The van der Waals surface area contributed by atoms with Crippen LogP contribution in [-0.2, 0) is 0 Å². The molecule has 3 aromatic rings. The van der Waals surface area contributed by atoms with E-state index in [0.717, 1.165) is 10.0 Å². The lowest BCUT2D eigenvalue weighted by molar-refractivity contribution is 1.11. The van der Waals surface area contributed by atoms with Gasteiger partial charge >= 0.3 is 0 Å². The Kier molecular flexibility index (Phi) is 2.57. The first-order valence-corrected chi connectivity index (χ1v) is 6.03. The van der Waals surface area contributed by atoms with Crippen molar-refractivity contribution in [3.63, 3.8) is 0 Å². The molecule has 1 aromatic carbocycles. The molecule has 0 N–H and O–H groups in total. The molecule has 6 heteroatoms. The maximum Gasteiger partial charge on any atom is 0.180 e. The lowest BCUT2D eigenvalue weighted by Gasteiger charge is -2.01. The van der Waals surface area contributed by atoms with Crippen LogP contribution in [0.5, 0.6) is 0 Å². The lowest BCUT2D eigenvalue weighted by Crippen LogP contribution is -1.92. The van der Waals surface area contributed by atoms with Crippen LogP contribution in [0.2, 0.25) is 5.15 Å². The topological polar surface area (TPSA) is 43.1 Å². The third-order valence-electron chi connectivity index (χ3n) is 2.38. The normalized spacial score (nSPS) is 10.9. The summed E-state index contributed by atoms with van der Waals surface area (Å²) in [6.07, 6.45) is 3.20. The van der Waals surface area contributed by atoms with E-state index in [1.54, 1.807) is 16.8 Å². The smallest absolute Gasteiger partial charge is 0.180 e. The summed E-state index contributed by atoms with van der Waals surface area (Å²) >= 11 is 9.49. The number of nitrogens with zero attached hydrogens (tertiary/aromatic N) is 4. The van der Waals surface area contributed by atoms with Crippen LogP contribution < -0.4 is 0 Å². The quantitative estimate of drug-likeness (QED) is 0.693. The highest BCUT2D eigenvalue weighted by Crippen LogP contribution is 2.23. The van der Waals surface area contributed by atoms with Crippen molar-refractivity contribution in [1.82, 2.24) is 19.6 Å². The molecule has 0 saturated heterocycles. The van der Waals surface area contributed by atoms with Gasteiger partial charge in [-0.2, -0.15) is 0 Å². The van der Waals surface area contributed by atoms with E-state index in [-0.39, 0.29) is 0 Å². The van der Waals surface area contributed by atoms with Crippen LogP contribution in [0, 0.1) is 0 Å². The number of benzene rings is 1. The number of hydrogen-bond acceptors (Lipinski definition) is 3. The predicted octanol–water partition coefficient (Wildman–Crippen LogP) is 3.21. The van der Waals surface area contributed by atoms with Crippen molar-refractivity contribution in [1.29, 1.82) is 0 Å². The summed E-state index contributed by atoms with van der Waals surface area (Å²) in [5, 5.41) is 8.65. The second kappa shape index (κ2) is 4.09. The summed E-state index contributed by atoms with van der Waals surface area (Å²) in [6.45, 7) is 0. The van der Waals surface area contributed by atoms with E-state index in [0.29, 0.717) is 16.6 Å². The monoisotopic (exact) mass is 308 g/mol. The van der Waals surface area contributed by atoms with Crippen LogP contribution in [0.1, 0.15) is 0 Å². The molecule has 0 saturated carbocycles. The van der Waals surface area contributed by atoms with Gasteiger partial charge in [-0.1, -0.05) is 39.7 Å². The average Bonchev–Trinajstić information content (AvgIpc) is 2.75. The predicted molar refractivity (Wildman–Crippen MR) is 68.9 cm³/mol. The van der Waals surface area contributed by atoms with E-state index in [9.17, 15) is 0 Å². The molecule has 0 amide bonds. The minimum Gasteiger partial charge on any atom is -0.262 e. The zero-order valence-corrected chi connectivity index (χ0v) is 10.9. The van der Waals surface area contributed by atoms with Gasteiger partial charge in [-0.3, -0.25) is 9.38 Å². The van der Waals surface area contributed by atoms with Crippen LogP contribution >= 0.6 is 27.5 Å². The molecule has 84 valence electrons.